The number of carboxylic acids is 2. The lowest BCUT2D eigenvalue weighted by molar-refractivity contribution is -0.145. The Morgan fingerprint density at radius 2 is 1.80 bits per heavy atom. The van der Waals surface area contributed by atoms with Crippen molar-refractivity contribution >= 4 is 18.0 Å². The van der Waals surface area contributed by atoms with Crippen molar-refractivity contribution in [3.8, 4) is 0 Å². The number of carbonyl (C=O) groups excluding carboxylic acids is 1. The van der Waals surface area contributed by atoms with E-state index in [4.69, 9.17) is 14.9 Å². The maximum absolute atomic E-state index is 12.1. The van der Waals surface area contributed by atoms with Gasteiger partial charge in [0.15, 0.2) is 0 Å². The third kappa shape index (κ3) is 4.71. The molecule has 7 heteroatoms. The van der Waals surface area contributed by atoms with Crippen LogP contribution in [0.2, 0.25) is 0 Å². The molecule has 0 aromatic carbocycles. The van der Waals surface area contributed by atoms with Crippen LogP contribution in [0.3, 0.4) is 0 Å². The Morgan fingerprint density at radius 1 is 1.20 bits per heavy atom. The number of carbonyl (C=O) groups is 3. The van der Waals surface area contributed by atoms with E-state index in [0.717, 1.165) is 4.90 Å². The Morgan fingerprint density at radius 3 is 2.25 bits per heavy atom. The average Bonchev–Trinajstić information content (AvgIpc) is 2.25. The maximum atomic E-state index is 12.1. The van der Waals surface area contributed by atoms with Crippen LogP contribution in [-0.4, -0.2) is 51.3 Å². The smallest absolute Gasteiger partial charge is 0.411 e. The first-order valence-electron chi connectivity index (χ1n) is 6.54. The summed E-state index contributed by atoms with van der Waals surface area (Å²) < 4.78 is 5.19. The van der Waals surface area contributed by atoms with Gasteiger partial charge in [-0.15, -0.1) is 0 Å². The second-order valence-electron chi connectivity index (χ2n) is 6.03. The summed E-state index contributed by atoms with van der Waals surface area (Å²) in [6.07, 6.45) is -0.0687. The molecule has 0 radical (unpaired) electrons. The van der Waals surface area contributed by atoms with Crippen molar-refractivity contribution < 1.29 is 29.3 Å². The Labute approximate surface area is 117 Å². The molecule has 0 unspecified atom stereocenters. The van der Waals surface area contributed by atoms with Crippen LogP contribution < -0.4 is 0 Å². The molecule has 114 valence electrons. The van der Waals surface area contributed by atoms with E-state index in [9.17, 15) is 14.4 Å². The Bertz CT molecular complexity index is 400. The van der Waals surface area contributed by atoms with Crippen molar-refractivity contribution in [3.63, 3.8) is 0 Å². The fourth-order valence-corrected chi connectivity index (χ4v) is 2.24. The summed E-state index contributed by atoms with van der Waals surface area (Å²) in [4.78, 5) is 35.1. The summed E-state index contributed by atoms with van der Waals surface area (Å²) in [5, 5.41) is 18.0. The van der Waals surface area contributed by atoms with Crippen LogP contribution in [0.15, 0.2) is 0 Å². The van der Waals surface area contributed by atoms with Gasteiger partial charge in [-0.2, -0.15) is 0 Å². The number of aliphatic carboxylic acids is 2. The lowest BCUT2D eigenvalue weighted by Gasteiger charge is -2.37. The number of ether oxygens (including phenoxy) is 1. The second-order valence-corrected chi connectivity index (χ2v) is 6.03. The molecule has 2 N–H and O–H groups in total. The summed E-state index contributed by atoms with van der Waals surface area (Å²) in [7, 11) is 0. The summed E-state index contributed by atoms with van der Waals surface area (Å²) in [5.41, 5.74) is -0.722. The minimum absolute atomic E-state index is 0.0777. The van der Waals surface area contributed by atoms with Crippen LogP contribution in [0, 0.1) is 5.92 Å². The van der Waals surface area contributed by atoms with Crippen molar-refractivity contribution in [3.05, 3.63) is 0 Å². The third-order valence-corrected chi connectivity index (χ3v) is 3.06. The molecule has 1 amide bonds. The predicted molar refractivity (Wildman–Crippen MR) is 69.3 cm³/mol. The zero-order chi connectivity index (χ0) is 15.5. The van der Waals surface area contributed by atoms with Crippen LogP contribution in [0.25, 0.3) is 0 Å². The molecule has 1 heterocycles. The lowest BCUT2D eigenvalue weighted by atomic mass is 9.90. The summed E-state index contributed by atoms with van der Waals surface area (Å²) in [5.74, 6) is -2.28. The van der Waals surface area contributed by atoms with Crippen molar-refractivity contribution in [2.45, 2.75) is 51.7 Å². The molecular formula is C13H21NO6. The van der Waals surface area contributed by atoms with Crippen LogP contribution in [-0.2, 0) is 14.3 Å². The van der Waals surface area contributed by atoms with E-state index in [-0.39, 0.29) is 25.3 Å². The van der Waals surface area contributed by atoms with Crippen LogP contribution in [0.1, 0.15) is 40.0 Å². The van der Waals surface area contributed by atoms with E-state index in [0.29, 0.717) is 6.42 Å². The summed E-state index contributed by atoms with van der Waals surface area (Å²) in [6, 6.07) is -0.949. The molecule has 1 saturated heterocycles. The normalized spacial score (nSPS) is 23.2. The van der Waals surface area contributed by atoms with E-state index < -0.39 is 29.7 Å². The van der Waals surface area contributed by atoms with Gasteiger partial charge in [0.05, 0.1) is 0 Å². The monoisotopic (exact) mass is 287 g/mol. The van der Waals surface area contributed by atoms with Crippen LogP contribution in [0.4, 0.5) is 4.79 Å². The molecule has 2 atom stereocenters. The van der Waals surface area contributed by atoms with E-state index in [2.05, 4.69) is 0 Å². The van der Waals surface area contributed by atoms with Crippen molar-refractivity contribution in [1.29, 1.82) is 0 Å². The number of piperidine rings is 1. The average molecular weight is 287 g/mol. The number of nitrogens with zero attached hydrogens (tertiary/aromatic N) is 1. The predicted octanol–water partition coefficient (Wildman–Crippen LogP) is 1.56. The first-order chi connectivity index (χ1) is 9.10. The maximum Gasteiger partial charge on any atom is 0.411 e. The van der Waals surface area contributed by atoms with Gasteiger partial charge in [-0.05, 0) is 39.5 Å². The highest BCUT2D eigenvalue weighted by molar-refractivity contribution is 5.80. The molecule has 0 aromatic heterocycles. The minimum Gasteiger partial charge on any atom is -0.481 e. The van der Waals surface area contributed by atoms with E-state index >= 15 is 0 Å². The van der Waals surface area contributed by atoms with Crippen LogP contribution in [0.5, 0.6) is 0 Å². The molecule has 7 nitrogen and oxygen atoms in total. The topological polar surface area (TPSA) is 104 Å². The van der Waals surface area contributed by atoms with Crippen molar-refractivity contribution in [1.82, 2.24) is 4.90 Å². The minimum atomic E-state index is -1.09. The molecule has 1 aliphatic heterocycles. The van der Waals surface area contributed by atoms with Crippen molar-refractivity contribution in [2.24, 2.45) is 5.92 Å². The molecule has 0 bridgehead atoms. The number of rotatable bonds is 3. The van der Waals surface area contributed by atoms with Gasteiger partial charge in [-0.25, -0.2) is 9.59 Å². The first kappa shape index (κ1) is 16.3. The molecule has 0 aliphatic carbocycles. The standard InChI is InChI=1S/C13H21NO6/c1-13(2,3)20-12(19)14-7-8(6-10(15)16)4-5-9(14)11(17)18/h8-9H,4-7H2,1-3H3,(H,15,16)(H,17,18)/t8-,9+/m1/s1. The molecule has 1 rings (SSSR count). The summed E-state index contributed by atoms with van der Waals surface area (Å²) in [6.45, 7) is 5.18. The van der Waals surface area contributed by atoms with Gasteiger partial charge >= 0.3 is 18.0 Å². The molecule has 1 fully saturated rings. The van der Waals surface area contributed by atoms with Gasteiger partial charge in [0.1, 0.15) is 11.6 Å². The fraction of sp³-hybridized carbons (Fsp3) is 0.769. The molecule has 20 heavy (non-hydrogen) atoms. The quantitative estimate of drug-likeness (QED) is 0.816. The van der Waals surface area contributed by atoms with E-state index in [1.54, 1.807) is 20.8 Å². The number of amides is 1. The first-order valence-corrected chi connectivity index (χ1v) is 6.54. The SMILES string of the molecule is CC(C)(C)OC(=O)N1C[C@@H](CC(=O)O)CC[C@H]1C(=O)O. The highest BCUT2D eigenvalue weighted by Crippen LogP contribution is 2.26. The highest BCUT2D eigenvalue weighted by atomic mass is 16.6. The summed E-state index contributed by atoms with van der Waals surface area (Å²) >= 11 is 0. The number of carboxylic acid groups (broad SMARTS) is 2. The highest BCUT2D eigenvalue weighted by Gasteiger charge is 2.38. The van der Waals surface area contributed by atoms with Gasteiger partial charge in [0.25, 0.3) is 0 Å². The third-order valence-electron chi connectivity index (χ3n) is 3.06. The van der Waals surface area contributed by atoms with Gasteiger partial charge < -0.3 is 14.9 Å². The zero-order valence-electron chi connectivity index (χ0n) is 12.0. The molecule has 0 spiro atoms. The molecule has 0 aromatic rings. The largest absolute Gasteiger partial charge is 0.481 e. The number of likely N-dealkylation sites (tertiary alicyclic amines) is 1. The van der Waals surface area contributed by atoms with Gasteiger partial charge in [-0.3, -0.25) is 9.69 Å². The zero-order valence-corrected chi connectivity index (χ0v) is 12.0. The Balaban J connectivity index is 2.80. The lowest BCUT2D eigenvalue weighted by Crippen LogP contribution is -2.52. The molecular weight excluding hydrogens is 266 g/mol. The van der Waals surface area contributed by atoms with Gasteiger partial charge in [0, 0.05) is 13.0 Å². The van der Waals surface area contributed by atoms with E-state index in [1.807, 2.05) is 0 Å². The second kappa shape index (κ2) is 6.11. The van der Waals surface area contributed by atoms with Crippen LogP contribution >= 0.6 is 0 Å². The Kier molecular flexibility index (Phi) is 4.97. The Hall–Kier alpha value is -1.79. The van der Waals surface area contributed by atoms with Gasteiger partial charge in [-0.1, -0.05) is 0 Å². The number of hydrogen-bond acceptors (Lipinski definition) is 4. The fourth-order valence-electron chi connectivity index (χ4n) is 2.24. The van der Waals surface area contributed by atoms with Gasteiger partial charge in [0.2, 0.25) is 0 Å². The molecule has 1 aliphatic rings. The van der Waals surface area contributed by atoms with Crippen molar-refractivity contribution in [2.75, 3.05) is 6.54 Å². The van der Waals surface area contributed by atoms with E-state index in [1.165, 1.54) is 0 Å². The number of hydrogen-bond donors (Lipinski definition) is 2. The molecule has 0 saturated carbocycles.